The zero-order valence-corrected chi connectivity index (χ0v) is 18.5. The number of methoxy groups -OCH3 is 2. The molecule has 0 unspecified atom stereocenters. The van der Waals surface area contributed by atoms with Crippen LogP contribution in [0.4, 0.5) is 0 Å². The normalized spacial score (nSPS) is 16.4. The van der Waals surface area contributed by atoms with Crippen LogP contribution in [0.5, 0.6) is 11.5 Å². The van der Waals surface area contributed by atoms with Gasteiger partial charge in [-0.25, -0.2) is 0 Å². The van der Waals surface area contributed by atoms with Crippen molar-refractivity contribution in [2.24, 2.45) is 0 Å². The van der Waals surface area contributed by atoms with Gasteiger partial charge in [0.2, 0.25) is 0 Å². The third-order valence-electron chi connectivity index (χ3n) is 5.34. The van der Waals surface area contributed by atoms with Crippen molar-refractivity contribution in [3.05, 3.63) is 58.6 Å². The summed E-state index contributed by atoms with van der Waals surface area (Å²) in [7, 11) is 3.37. The highest BCUT2D eigenvalue weighted by Crippen LogP contribution is 2.25. The van der Waals surface area contributed by atoms with Gasteiger partial charge in [-0.3, -0.25) is 9.80 Å². The Morgan fingerprint density at radius 3 is 2.40 bits per heavy atom. The van der Waals surface area contributed by atoms with Crippen LogP contribution in [0, 0.1) is 0 Å². The van der Waals surface area contributed by atoms with Crippen molar-refractivity contribution in [3.8, 4) is 11.5 Å². The van der Waals surface area contributed by atoms with E-state index in [9.17, 15) is 5.11 Å². The summed E-state index contributed by atoms with van der Waals surface area (Å²) in [6, 6.07) is 13.5. The van der Waals surface area contributed by atoms with Crippen LogP contribution >= 0.6 is 11.6 Å². The molecule has 1 saturated heterocycles. The molecule has 1 N–H and O–H groups in total. The van der Waals surface area contributed by atoms with Crippen LogP contribution in [-0.4, -0.2) is 74.6 Å². The van der Waals surface area contributed by atoms with E-state index >= 15 is 0 Å². The molecular weight excluding hydrogens is 404 g/mol. The first-order valence-electron chi connectivity index (χ1n) is 10.2. The highest BCUT2D eigenvalue weighted by atomic mass is 35.5. The molecule has 2 aromatic rings. The van der Waals surface area contributed by atoms with E-state index in [1.807, 2.05) is 42.5 Å². The Morgan fingerprint density at radius 2 is 1.70 bits per heavy atom. The Kier molecular flexibility index (Phi) is 8.78. The number of nitrogens with zero attached hydrogens (tertiary/aromatic N) is 2. The number of hydrogen-bond acceptors (Lipinski definition) is 6. The molecule has 30 heavy (non-hydrogen) atoms. The molecule has 0 saturated carbocycles. The second-order valence-electron chi connectivity index (χ2n) is 7.51. The third-order valence-corrected chi connectivity index (χ3v) is 5.71. The van der Waals surface area contributed by atoms with Gasteiger partial charge in [0.25, 0.3) is 0 Å². The molecule has 6 nitrogen and oxygen atoms in total. The van der Waals surface area contributed by atoms with Crippen LogP contribution in [-0.2, 0) is 17.9 Å². The zero-order chi connectivity index (χ0) is 21.3. The van der Waals surface area contributed by atoms with Gasteiger partial charge in [0.05, 0.1) is 33.5 Å². The first kappa shape index (κ1) is 22.8. The second kappa shape index (κ2) is 11.5. The topological polar surface area (TPSA) is 54.4 Å². The van der Waals surface area contributed by atoms with Crippen molar-refractivity contribution in [1.82, 2.24) is 9.80 Å². The number of benzene rings is 2. The molecule has 0 amide bonds. The summed E-state index contributed by atoms with van der Waals surface area (Å²) < 4.78 is 16.5. The Bertz CT molecular complexity index is 797. The standard InChI is InChI=1S/C23H31ClN2O4/c1-28-21-7-8-23(29-2)19(13-21)14-25-9-11-26(12-10-25)15-20(27)17-30-16-18-5-3-4-6-22(18)24/h3-8,13,20,27H,9-12,14-17H2,1-2H3/t20-/m0/s1. The highest BCUT2D eigenvalue weighted by molar-refractivity contribution is 6.31. The maximum Gasteiger partial charge on any atom is 0.123 e. The minimum atomic E-state index is -0.516. The fourth-order valence-electron chi connectivity index (χ4n) is 3.65. The predicted molar refractivity (Wildman–Crippen MR) is 118 cm³/mol. The van der Waals surface area contributed by atoms with Gasteiger partial charge in [-0.05, 0) is 29.8 Å². The minimum Gasteiger partial charge on any atom is -0.497 e. The quantitative estimate of drug-likeness (QED) is 0.620. The van der Waals surface area contributed by atoms with Gasteiger partial charge in [-0.2, -0.15) is 0 Å². The molecule has 164 valence electrons. The number of halogens is 1. The van der Waals surface area contributed by atoms with Gasteiger partial charge in [0, 0.05) is 49.9 Å². The monoisotopic (exact) mass is 434 g/mol. The second-order valence-corrected chi connectivity index (χ2v) is 7.92. The number of hydrogen-bond donors (Lipinski definition) is 1. The molecule has 1 fully saturated rings. The predicted octanol–water partition coefficient (Wildman–Crippen LogP) is 3.05. The van der Waals surface area contributed by atoms with E-state index in [1.165, 1.54) is 0 Å². The van der Waals surface area contributed by atoms with Crippen molar-refractivity contribution in [3.63, 3.8) is 0 Å². The number of piperazine rings is 1. The Morgan fingerprint density at radius 1 is 0.967 bits per heavy atom. The Balaban J connectivity index is 1.39. The van der Waals surface area contributed by atoms with Crippen LogP contribution in [0.1, 0.15) is 11.1 Å². The lowest BCUT2D eigenvalue weighted by molar-refractivity contribution is 0.000855. The molecular formula is C23H31ClN2O4. The van der Waals surface area contributed by atoms with E-state index in [1.54, 1.807) is 14.2 Å². The lowest BCUT2D eigenvalue weighted by Crippen LogP contribution is -2.48. The first-order chi connectivity index (χ1) is 14.6. The summed E-state index contributed by atoms with van der Waals surface area (Å²) in [4.78, 5) is 4.68. The van der Waals surface area contributed by atoms with Crippen molar-refractivity contribution in [2.45, 2.75) is 19.3 Å². The maximum atomic E-state index is 10.3. The van der Waals surface area contributed by atoms with Crippen LogP contribution < -0.4 is 9.47 Å². The molecule has 7 heteroatoms. The van der Waals surface area contributed by atoms with Crippen molar-refractivity contribution < 1.29 is 19.3 Å². The Labute approximate surface area is 183 Å². The van der Waals surface area contributed by atoms with Gasteiger partial charge < -0.3 is 19.3 Å². The van der Waals surface area contributed by atoms with E-state index in [-0.39, 0.29) is 0 Å². The molecule has 2 aromatic carbocycles. The Hall–Kier alpha value is -1.83. The van der Waals surface area contributed by atoms with Crippen LogP contribution in [0.2, 0.25) is 5.02 Å². The van der Waals surface area contributed by atoms with Gasteiger partial charge in [-0.1, -0.05) is 29.8 Å². The van der Waals surface area contributed by atoms with E-state index < -0.39 is 6.10 Å². The van der Waals surface area contributed by atoms with Crippen molar-refractivity contribution >= 4 is 11.6 Å². The molecule has 1 heterocycles. The molecule has 3 rings (SSSR count). The number of aliphatic hydroxyl groups excluding tert-OH is 1. The van der Waals surface area contributed by atoms with E-state index in [2.05, 4.69) is 9.80 Å². The van der Waals surface area contributed by atoms with Crippen LogP contribution in [0.3, 0.4) is 0 Å². The highest BCUT2D eigenvalue weighted by Gasteiger charge is 2.20. The molecule has 0 radical (unpaired) electrons. The van der Waals surface area contributed by atoms with Gasteiger partial charge in [-0.15, -0.1) is 0 Å². The smallest absolute Gasteiger partial charge is 0.123 e. The van der Waals surface area contributed by atoms with Gasteiger partial charge in [0.15, 0.2) is 0 Å². The molecule has 0 spiro atoms. The summed E-state index contributed by atoms with van der Waals surface area (Å²) in [6.45, 7) is 5.83. The number of rotatable bonds is 10. The molecule has 0 aliphatic carbocycles. The summed E-state index contributed by atoms with van der Waals surface area (Å²) >= 11 is 6.13. The SMILES string of the molecule is COc1ccc(OC)c(CN2CCN(C[C@H](O)COCc3ccccc3Cl)CC2)c1. The fraction of sp³-hybridized carbons (Fsp3) is 0.478. The number of ether oxygens (including phenoxy) is 3. The number of β-amino-alcohol motifs (C(OH)–C–C–N with tert-alkyl or cyclic N) is 1. The molecule has 1 aliphatic heterocycles. The molecule has 0 aromatic heterocycles. The zero-order valence-electron chi connectivity index (χ0n) is 17.7. The molecule has 1 atom stereocenters. The van der Waals surface area contributed by atoms with Crippen LogP contribution in [0.25, 0.3) is 0 Å². The first-order valence-corrected chi connectivity index (χ1v) is 10.6. The van der Waals surface area contributed by atoms with E-state index in [4.69, 9.17) is 25.8 Å². The largest absolute Gasteiger partial charge is 0.497 e. The minimum absolute atomic E-state index is 0.298. The lowest BCUT2D eigenvalue weighted by Gasteiger charge is -2.35. The average Bonchev–Trinajstić information content (AvgIpc) is 2.76. The summed E-state index contributed by atoms with van der Waals surface area (Å²) in [5, 5.41) is 11.0. The molecule has 0 bridgehead atoms. The van der Waals surface area contributed by atoms with Crippen molar-refractivity contribution in [1.29, 1.82) is 0 Å². The summed E-state index contributed by atoms with van der Waals surface area (Å²) in [6.07, 6.45) is -0.516. The molecule has 1 aliphatic rings. The number of aliphatic hydroxyl groups is 1. The van der Waals surface area contributed by atoms with E-state index in [0.29, 0.717) is 24.8 Å². The third kappa shape index (κ3) is 6.59. The van der Waals surface area contributed by atoms with Crippen LogP contribution in [0.15, 0.2) is 42.5 Å². The fourth-order valence-corrected chi connectivity index (χ4v) is 3.84. The van der Waals surface area contributed by atoms with E-state index in [0.717, 1.165) is 55.3 Å². The summed E-state index contributed by atoms with van der Waals surface area (Å²) in [5.74, 6) is 1.72. The van der Waals surface area contributed by atoms with Crippen molar-refractivity contribution in [2.75, 3.05) is 53.6 Å². The summed E-state index contributed by atoms with van der Waals surface area (Å²) in [5.41, 5.74) is 2.06. The maximum absolute atomic E-state index is 10.3. The van der Waals surface area contributed by atoms with Gasteiger partial charge >= 0.3 is 0 Å². The van der Waals surface area contributed by atoms with Gasteiger partial charge in [0.1, 0.15) is 11.5 Å². The average molecular weight is 435 g/mol. The lowest BCUT2D eigenvalue weighted by atomic mass is 10.1.